The van der Waals surface area contributed by atoms with Crippen LogP contribution < -0.4 is 10.1 Å². The van der Waals surface area contributed by atoms with Gasteiger partial charge in [-0.2, -0.15) is 0 Å². The van der Waals surface area contributed by atoms with Crippen molar-refractivity contribution >= 4 is 5.97 Å². The lowest BCUT2D eigenvalue weighted by atomic mass is 10.2. The molecule has 0 bridgehead atoms. The summed E-state index contributed by atoms with van der Waals surface area (Å²) in [5, 5.41) is 3.35. The Hall–Kier alpha value is -1.59. The molecule has 5 heteroatoms. The second-order valence-electron chi connectivity index (χ2n) is 4.74. The zero-order valence-corrected chi connectivity index (χ0v) is 13.1. The van der Waals surface area contributed by atoms with Gasteiger partial charge in [0.25, 0.3) is 0 Å². The van der Waals surface area contributed by atoms with E-state index in [1.54, 1.807) is 24.3 Å². The van der Waals surface area contributed by atoms with E-state index < -0.39 is 0 Å². The lowest BCUT2D eigenvalue weighted by molar-refractivity contribution is 0.0600. The summed E-state index contributed by atoms with van der Waals surface area (Å²) < 4.78 is 15.6. The Balaban J connectivity index is 2.11. The molecule has 0 amide bonds. The van der Waals surface area contributed by atoms with Crippen LogP contribution in [0.3, 0.4) is 0 Å². The van der Waals surface area contributed by atoms with Crippen molar-refractivity contribution in [1.29, 1.82) is 0 Å². The Morgan fingerprint density at radius 2 is 1.90 bits per heavy atom. The first-order valence-corrected chi connectivity index (χ1v) is 7.29. The summed E-state index contributed by atoms with van der Waals surface area (Å²) in [5.41, 5.74) is 0.511. The van der Waals surface area contributed by atoms with Crippen LogP contribution in [0.15, 0.2) is 24.3 Å². The monoisotopic (exact) mass is 295 g/mol. The maximum absolute atomic E-state index is 11.3. The smallest absolute Gasteiger partial charge is 0.337 e. The van der Waals surface area contributed by atoms with E-state index in [4.69, 9.17) is 9.47 Å². The van der Waals surface area contributed by atoms with Crippen molar-refractivity contribution in [2.75, 3.05) is 33.5 Å². The summed E-state index contributed by atoms with van der Waals surface area (Å²) in [7, 11) is 1.36. The molecule has 118 valence electrons. The fourth-order valence-electron chi connectivity index (χ4n) is 1.65. The highest BCUT2D eigenvalue weighted by Crippen LogP contribution is 2.12. The molecule has 0 aliphatic heterocycles. The Kier molecular flexibility index (Phi) is 8.47. The second-order valence-corrected chi connectivity index (χ2v) is 4.74. The molecule has 5 nitrogen and oxygen atoms in total. The van der Waals surface area contributed by atoms with Crippen LogP contribution >= 0.6 is 0 Å². The molecule has 1 N–H and O–H groups in total. The Bertz CT molecular complexity index is 405. The van der Waals surface area contributed by atoms with Crippen molar-refractivity contribution in [2.24, 2.45) is 0 Å². The molecule has 1 aromatic rings. The van der Waals surface area contributed by atoms with Crippen LogP contribution in [-0.2, 0) is 9.47 Å². The van der Waals surface area contributed by atoms with E-state index in [2.05, 4.69) is 23.9 Å². The van der Waals surface area contributed by atoms with Gasteiger partial charge in [-0.05, 0) is 37.6 Å². The number of carbonyl (C=O) groups excluding carboxylic acids is 1. The third kappa shape index (κ3) is 7.11. The average molecular weight is 295 g/mol. The van der Waals surface area contributed by atoms with E-state index in [1.807, 2.05) is 0 Å². The number of hydrogen-bond donors (Lipinski definition) is 1. The van der Waals surface area contributed by atoms with Crippen molar-refractivity contribution in [3.63, 3.8) is 0 Å². The number of hydrogen-bond acceptors (Lipinski definition) is 5. The van der Waals surface area contributed by atoms with Crippen molar-refractivity contribution in [3.8, 4) is 5.75 Å². The van der Waals surface area contributed by atoms with Gasteiger partial charge >= 0.3 is 5.97 Å². The minimum Gasteiger partial charge on any atom is -0.491 e. The van der Waals surface area contributed by atoms with Crippen LogP contribution in [0.2, 0.25) is 0 Å². The van der Waals surface area contributed by atoms with Crippen LogP contribution in [0.25, 0.3) is 0 Å². The van der Waals surface area contributed by atoms with Gasteiger partial charge in [-0.25, -0.2) is 4.79 Å². The number of rotatable bonds is 10. The highest BCUT2D eigenvalue weighted by Gasteiger charge is 2.04. The minimum absolute atomic E-state index is 0.348. The first-order chi connectivity index (χ1) is 10.2. The van der Waals surface area contributed by atoms with Gasteiger partial charge in [-0.3, -0.25) is 0 Å². The van der Waals surface area contributed by atoms with E-state index in [-0.39, 0.29) is 5.97 Å². The van der Waals surface area contributed by atoms with Gasteiger partial charge < -0.3 is 19.5 Å². The maximum atomic E-state index is 11.3. The minimum atomic E-state index is -0.348. The van der Waals surface area contributed by atoms with Crippen LogP contribution in [-0.4, -0.2) is 45.5 Å². The standard InChI is InChI=1S/C16H25NO4/c1-4-13(2)17-9-10-20-11-12-21-15-7-5-14(6-8-15)16(18)19-3/h5-8,13,17H,4,9-12H2,1-3H3. The van der Waals surface area contributed by atoms with Crippen LogP contribution in [0.5, 0.6) is 5.75 Å². The molecule has 1 rings (SSSR count). The molecule has 21 heavy (non-hydrogen) atoms. The number of methoxy groups -OCH3 is 1. The van der Waals surface area contributed by atoms with Gasteiger partial charge in [0.05, 0.1) is 25.9 Å². The fourth-order valence-corrected chi connectivity index (χ4v) is 1.65. The summed E-state index contributed by atoms with van der Waals surface area (Å²) in [4.78, 5) is 11.3. The molecule has 0 heterocycles. The van der Waals surface area contributed by atoms with Crippen LogP contribution in [0, 0.1) is 0 Å². The van der Waals surface area contributed by atoms with Gasteiger partial charge in [0.15, 0.2) is 0 Å². The third-order valence-electron chi connectivity index (χ3n) is 3.12. The van der Waals surface area contributed by atoms with Crippen molar-refractivity contribution in [3.05, 3.63) is 29.8 Å². The van der Waals surface area contributed by atoms with E-state index in [0.29, 0.717) is 37.2 Å². The third-order valence-corrected chi connectivity index (χ3v) is 3.12. The predicted octanol–water partition coefficient (Wildman–Crippen LogP) is 2.26. The van der Waals surface area contributed by atoms with Crippen LogP contribution in [0.1, 0.15) is 30.6 Å². The fraction of sp³-hybridized carbons (Fsp3) is 0.562. The van der Waals surface area contributed by atoms with Gasteiger partial charge in [-0.1, -0.05) is 6.92 Å². The van der Waals surface area contributed by atoms with Gasteiger partial charge in [0, 0.05) is 12.6 Å². The average Bonchev–Trinajstić information content (AvgIpc) is 2.53. The number of esters is 1. The Morgan fingerprint density at radius 1 is 1.19 bits per heavy atom. The SMILES string of the molecule is CCC(C)NCCOCCOc1ccc(C(=O)OC)cc1. The van der Waals surface area contributed by atoms with E-state index in [0.717, 1.165) is 13.0 Å². The quantitative estimate of drug-likeness (QED) is 0.530. The summed E-state index contributed by atoms with van der Waals surface area (Å²) in [6.07, 6.45) is 1.12. The zero-order valence-electron chi connectivity index (χ0n) is 13.1. The van der Waals surface area contributed by atoms with E-state index in [9.17, 15) is 4.79 Å². The molecular formula is C16H25NO4. The molecule has 1 unspecified atom stereocenters. The van der Waals surface area contributed by atoms with Gasteiger partial charge in [0.2, 0.25) is 0 Å². The summed E-state index contributed by atoms with van der Waals surface area (Å²) in [6.45, 7) is 6.86. The molecule has 1 aromatic carbocycles. The highest BCUT2D eigenvalue weighted by atomic mass is 16.5. The normalized spacial score (nSPS) is 12.0. The van der Waals surface area contributed by atoms with Gasteiger partial charge in [-0.15, -0.1) is 0 Å². The van der Waals surface area contributed by atoms with Crippen molar-refractivity contribution in [2.45, 2.75) is 26.3 Å². The largest absolute Gasteiger partial charge is 0.491 e. The first-order valence-electron chi connectivity index (χ1n) is 7.29. The van der Waals surface area contributed by atoms with Crippen LogP contribution in [0.4, 0.5) is 0 Å². The molecule has 0 saturated carbocycles. The summed E-state index contributed by atoms with van der Waals surface area (Å²) in [5.74, 6) is 0.364. The number of carbonyl (C=O) groups is 1. The van der Waals surface area contributed by atoms with Crippen molar-refractivity contribution in [1.82, 2.24) is 5.32 Å². The topological polar surface area (TPSA) is 56.8 Å². The molecule has 0 aliphatic rings. The number of nitrogens with one attached hydrogen (secondary N) is 1. The highest BCUT2D eigenvalue weighted by molar-refractivity contribution is 5.89. The van der Waals surface area contributed by atoms with E-state index in [1.165, 1.54) is 7.11 Å². The molecule has 0 fully saturated rings. The van der Waals surface area contributed by atoms with E-state index >= 15 is 0 Å². The molecule has 0 aromatic heterocycles. The lowest BCUT2D eigenvalue weighted by Gasteiger charge is -2.11. The molecule has 0 aliphatic carbocycles. The molecule has 0 spiro atoms. The lowest BCUT2D eigenvalue weighted by Crippen LogP contribution is -2.29. The maximum Gasteiger partial charge on any atom is 0.337 e. The summed E-state index contributed by atoms with van der Waals surface area (Å²) >= 11 is 0. The zero-order chi connectivity index (χ0) is 15.5. The Labute approximate surface area is 126 Å². The molecule has 1 atom stereocenters. The molecular weight excluding hydrogens is 270 g/mol. The Morgan fingerprint density at radius 3 is 2.52 bits per heavy atom. The predicted molar refractivity (Wildman–Crippen MR) is 81.9 cm³/mol. The second kappa shape index (κ2) is 10.2. The molecule has 0 saturated heterocycles. The summed E-state index contributed by atoms with van der Waals surface area (Å²) in [6, 6.07) is 7.38. The number of ether oxygens (including phenoxy) is 3. The molecule has 0 radical (unpaired) electrons. The van der Waals surface area contributed by atoms with Crippen molar-refractivity contribution < 1.29 is 19.0 Å². The van der Waals surface area contributed by atoms with Gasteiger partial charge in [0.1, 0.15) is 12.4 Å². The first kappa shape index (κ1) is 17.5. The number of benzene rings is 1.